The zero-order valence-corrected chi connectivity index (χ0v) is 17.3. The second-order valence-electron chi connectivity index (χ2n) is 8.64. The lowest BCUT2D eigenvalue weighted by Crippen LogP contribution is -2.36. The van der Waals surface area contributed by atoms with Crippen molar-refractivity contribution in [1.82, 2.24) is 19.4 Å². The molecule has 6 heteroatoms. The minimum Gasteiger partial charge on any atom is -0.345 e. The topological polar surface area (TPSA) is 57.2 Å². The van der Waals surface area contributed by atoms with Crippen molar-refractivity contribution >= 4 is 16.9 Å². The van der Waals surface area contributed by atoms with Crippen molar-refractivity contribution in [2.45, 2.75) is 52.2 Å². The van der Waals surface area contributed by atoms with Gasteiger partial charge in [-0.3, -0.25) is 14.7 Å². The monoisotopic (exact) mass is 391 g/mol. The molecule has 5 rings (SSSR count). The van der Waals surface area contributed by atoms with Gasteiger partial charge in [0, 0.05) is 61.4 Å². The Morgan fingerprint density at radius 1 is 1.14 bits per heavy atom. The first-order chi connectivity index (χ1) is 14.1. The highest BCUT2D eigenvalue weighted by Crippen LogP contribution is 2.27. The molecule has 0 spiro atoms. The maximum atomic E-state index is 12.6. The number of hydrogen-bond donors (Lipinski definition) is 1. The first kappa shape index (κ1) is 18.4. The molecule has 3 aromatic rings. The third-order valence-electron chi connectivity index (χ3n) is 6.32. The standard InChI is InChI=1S/C23H29N5O/c1-16(2)28-14-17(18-7-3-4-8-21(18)28)13-26-12-9-19-20(15-26)24-23(25-22(19)29)27-10-5-6-11-27/h3-4,7-8,14,16H,5-6,9-13,15H2,1-2H3,(H,24,25,29). The molecule has 1 fully saturated rings. The van der Waals surface area contributed by atoms with Crippen molar-refractivity contribution in [3.05, 3.63) is 57.6 Å². The summed E-state index contributed by atoms with van der Waals surface area (Å²) in [5, 5.41) is 1.32. The van der Waals surface area contributed by atoms with Gasteiger partial charge in [-0.25, -0.2) is 4.98 Å². The molecule has 6 nitrogen and oxygen atoms in total. The van der Waals surface area contributed by atoms with E-state index in [2.05, 4.69) is 63.7 Å². The van der Waals surface area contributed by atoms with Gasteiger partial charge in [0.15, 0.2) is 0 Å². The van der Waals surface area contributed by atoms with Crippen molar-refractivity contribution in [3.63, 3.8) is 0 Å². The number of aromatic amines is 1. The van der Waals surface area contributed by atoms with Crippen LogP contribution in [0, 0.1) is 0 Å². The minimum atomic E-state index is 0.0490. The van der Waals surface area contributed by atoms with E-state index in [9.17, 15) is 4.79 Å². The molecule has 0 bridgehead atoms. The summed E-state index contributed by atoms with van der Waals surface area (Å²) in [6, 6.07) is 9.08. The predicted octanol–water partition coefficient (Wildman–Crippen LogP) is 3.46. The zero-order chi connectivity index (χ0) is 20.0. The van der Waals surface area contributed by atoms with Gasteiger partial charge in [-0.2, -0.15) is 0 Å². The van der Waals surface area contributed by atoms with Gasteiger partial charge in [0.2, 0.25) is 5.95 Å². The Bertz CT molecular complexity index is 1090. The molecule has 0 atom stereocenters. The molecular formula is C23H29N5O. The molecule has 1 N–H and O–H groups in total. The summed E-state index contributed by atoms with van der Waals surface area (Å²) in [4.78, 5) is 25.1. The lowest BCUT2D eigenvalue weighted by molar-refractivity contribution is 0.241. The van der Waals surface area contributed by atoms with E-state index in [-0.39, 0.29) is 5.56 Å². The Balaban J connectivity index is 1.43. The molecule has 4 heterocycles. The Kier molecular flexibility index (Phi) is 4.66. The highest BCUT2D eigenvalue weighted by atomic mass is 16.1. The Labute approximate surface area is 171 Å². The van der Waals surface area contributed by atoms with Crippen molar-refractivity contribution in [3.8, 4) is 0 Å². The van der Waals surface area contributed by atoms with Gasteiger partial charge in [0.25, 0.3) is 5.56 Å². The van der Waals surface area contributed by atoms with E-state index in [1.165, 1.54) is 29.3 Å². The molecule has 29 heavy (non-hydrogen) atoms. The molecule has 0 unspecified atom stereocenters. The largest absolute Gasteiger partial charge is 0.345 e. The molecule has 2 aliphatic heterocycles. The molecule has 0 aliphatic carbocycles. The number of fused-ring (bicyclic) bond motifs is 2. The summed E-state index contributed by atoms with van der Waals surface area (Å²) < 4.78 is 2.36. The number of hydrogen-bond acceptors (Lipinski definition) is 4. The highest BCUT2D eigenvalue weighted by molar-refractivity contribution is 5.84. The summed E-state index contributed by atoms with van der Waals surface area (Å²) in [5.41, 5.74) is 4.51. The van der Waals surface area contributed by atoms with Crippen molar-refractivity contribution in [1.29, 1.82) is 0 Å². The molecule has 2 aromatic heterocycles. The third kappa shape index (κ3) is 3.35. The zero-order valence-electron chi connectivity index (χ0n) is 17.3. The Hall–Kier alpha value is -2.60. The van der Waals surface area contributed by atoms with E-state index in [0.717, 1.165) is 56.4 Å². The molecule has 2 aliphatic rings. The van der Waals surface area contributed by atoms with E-state index in [0.29, 0.717) is 6.04 Å². The van der Waals surface area contributed by atoms with Gasteiger partial charge >= 0.3 is 0 Å². The average Bonchev–Trinajstić information content (AvgIpc) is 3.37. The summed E-state index contributed by atoms with van der Waals surface area (Å²) in [6.07, 6.45) is 5.41. The number of nitrogens with one attached hydrogen (secondary N) is 1. The van der Waals surface area contributed by atoms with Gasteiger partial charge in [-0.1, -0.05) is 18.2 Å². The van der Waals surface area contributed by atoms with Gasteiger partial charge in [-0.05, 0) is 44.7 Å². The summed E-state index contributed by atoms with van der Waals surface area (Å²) in [7, 11) is 0. The van der Waals surface area contributed by atoms with E-state index in [4.69, 9.17) is 4.98 Å². The van der Waals surface area contributed by atoms with Crippen LogP contribution in [0.3, 0.4) is 0 Å². The summed E-state index contributed by atoms with van der Waals surface area (Å²) in [5.74, 6) is 0.754. The lowest BCUT2D eigenvalue weighted by atomic mass is 10.1. The van der Waals surface area contributed by atoms with Crippen LogP contribution in [0.15, 0.2) is 35.3 Å². The first-order valence-corrected chi connectivity index (χ1v) is 10.8. The lowest BCUT2D eigenvalue weighted by Gasteiger charge is -2.28. The van der Waals surface area contributed by atoms with Crippen molar-refractivity contribution in [2.24, 2.45) is 0 Å². The maximum Gasteiger partial charge on any atom is 0.255 e. The van der Waals surface area contributed by atoms with Crippen LogP contribution in [0.1, 0.15) is 49.6 Å². The normalized spacial score (nSPS) is 17.4. The number of aromatic nitrogens is 3. The van der Waals surface area contributed by atoms with E-state index in [1.807, 2.05) is 0 Å². The van der Waals surface area contributed by atoms with Crippen molar-refractivity contribution < 1.29 is 0 Å². The predicted molar refractivity (Wildman–Crippen MR) is 116 cm³/mol. The summed E-state index contributed by atoms with van der Waals surface area (Å²) in [6.45, 7) is 8.93. The fraction of sp³-hybridized carbons (Fsp3) is 0.478. The molecular weight excluding hydrogens is 362 g/mol. The molecule has 0 amide bonds. The third-order valence-corrected chi connectivity index (χ3v) is 6.32. The molecule has 152 valence electrons. The van der Waals surface area contributed by atoms with E-state index >= 15 is 0 Å². The van der Waals surface area contributed by atoms with E-state index in [1.54, 1.807) is 0 Å². The number of H-pyrrole nitrogens is 1. The van der Waals surface area contributed by atoms with Gasteiger partial charge in [0.05, 0.1) is 5.69 Å². The second kappa shape index (κ2) is 7.34. The quantitative estimate of drug-likeness (QED) is 0.740. The van der Waals surface area contributed by atoms with Crippen LogP contribution in [0.25, 0.3) is 10.9 Å². The van der Waals surface area contributed by atoms with Crippen LogP contribution in [0.4, 0.5) is 5.95 Å². The fourth-order valence-electron chi connectivity index (χ4n) is 4.77. The summed E-state index contributed by atoms with van der Waals surface area (Å²) >= 11 is 0. The van der Waals surface area contributed by atoms with Gasteiger partial charge in [0.1, 0.15) is 0 Å². The fourth-order valence-corrected chi connectivity index (χ4v) is 4.77. The maximum absolute atomic E-state index is 12.6. The molecule has 0 saturated carbocycles. The van der Waals surface area contributed by atoms with Crippen LogP contribution in [0.5, 0.6) is 0 Å². The molecule has 1 saturated heterocycles. The van der Waals surface area contributed by atoms with Crippen LogP contribution in [-0.4, -0.2) is 39.1 Å². The first-order valence-electron chi connectivity index (χ1n) is 10.8. The minimum absolute atomic E-state index is 0.0490. The number of nitrogens with zero attached hydrogens (tertiary/aromatic N) is 4. The van der Waals surface area contributed by atoms with Crippen molar-refractivity contribution in [2.75, 3.05) is 24.5 Å². The SMILES string of the molecule is CC(C)n1cc(CN2CCc3c(nc(N4CCCC4)[nH]c3=O)C2)c2ccccc21. The van der Waals surface area contributed by atoms with E-state index < -0.39 is 0 Å². The number of anilines is 1. The highest BCUT2D eigenvalue weighted by Gasteiger charge is 2.24. The number of rotatable bonds is 4. The van der Waals surface area contributed by atoms with Crippen LogP contribution < -0.4 is 10.5 Å². The molecule has 0 radical (unpaired) electrons. The number of para-hydroxylation sites is 1. The smallest absolute Gasteiger partial charge is 0.255 e. The van der Waals surface area contributed by atoms with Crippen LogP contribution in [0.2, 0.25) is 0 Å². The Morgan fingerprint density at radius 3 is 2.72 bits per heavy atom. The second-order valence-corrected chi connectivity index (χ2v) is 8.64. The van der Waals surface area contributed by atoms with Crippen LogP contribution >= 0.6 is 0 Å². The van der Waals surface area contributed by atoms with Gasteiger partial charge in [-0.15, -0.1) is 0 Å². The van der Waals surface area contributed by atoms with Crippen LogP contribution in [-0.2, 0) is 19.5 Å². The average molecular weight is 392 g/mol. The Morgan fingerprint density at radius 2 is 1.93 bits per heavy atom. The van der Waals surface area contributed by atoms with Gasteiger partial charge < -0.3 is 9.47 Å². The molecule has 1 aromatic carbocycles. The number of benzene rings is 1.